The summed E-state index contributed by atoms with van der Waals surface area (Å²) < 4.78 is 0.883. The van der Waals surface area contributed by atoms with Gasteiger partial charge in [0.25, 0.3) is 11.8 Å². The van der Waals surface area contributed by atoms with E-state index in [-0.39, 0.29) is 22.5 Å². The molecule has 2 aromatic carbocycles. The van der Waals surface area contributed by atoms with Crippen molar-refractivity contribution < 1.29 is 9.59 Å². The van der Waals surface area contributed by atoms with Gasteiger partial charge in [-0.1, -0.05) is 28.1 Å². The normalized spacial score (nSPS) is 10.8. The second-order valence-corrected chi connectivity index (χ2v) is 7.99. The van der Waals surface area contributed by atoms with Gasteiger partial charge in [0.2, 0.25) is 0 Å². The molecule has 0 aliphatic heterocycles. The lowest BCUT2D eigenvalue weighted by Gasteiger charge is -2.21. The fourth-order valence-corrected chi connectivity index (χ4v) is 2.60. The van der Waals surface area contributed by atoms with Crippen molar-refractivity contribution in [1.82, 2.24) is 10.6 Å². The van der Waals surface area contributed by atoms with E-state index in [1.807, 2.05) is 20.8 Å². The van der Waals surface area contributed by atoms with E-state index < -0.39 is 0 Å². The molecule has 0 aliphatic rings. The molecular formula is C19H20BrN3O2S. The lowest BCUT2D eigenvalue weighted by atomic mass is 10.1. The average molecular weight is 434 g/mol. The number of thiocarbonyl (C=S) groups is 1. The van der Waals surface area contributed by atoms with Crippen LogP contribution in [0.15, 0.2) is 53.0 Å². The SMILES string of the molecule is CC(C)(C)NC(=O)c1ccccc1NC(=S)NC(=O)c1ccc(Br)cc1. The number of carbonyl (C=O) groups excluding carboxylic acids is 2. The van der Waals surface area contributed by atoms with E-state index in [9.17, 15) is 9.59 Å². The van der Waals surface area contributed by atoms with Crippen LogP contribution in [0.2, 0.25) is 0 Å². The number of hydrogen-bond acceptors (Lipinski definition) is 3. The van der Waals surface area contributed by atoms with E-state index in [4.69, 9.17) is 12.2 Å². The first-order valence-corrected chi connectivity index (χ1v) is 9.15. The highest BCUT2D eigenvalue weighted by Crippen LogP contribution is 2.16. The zero-order valence-electron chi connectivity index (χ0n) is 14.7. The number of rotatable bonds is 3. The number of anilines is 1. The van der Waals surface area contributed by atoms with Crippen molar-refractivity contribution in [1.29, 1.82) is 0 Å². The molecule has 136 valence electrons. The summed E-state index contributed by atoms with van der Waals surface area (Å²) in [5, 5.41) is 8.56. The van der Waals surface area contributed by atoms with E-state index in [1.165, 1.54) is 0 Å². The first kappa shape index (κ1) is 20.1. The highest BCUT2D eigenvalue weighted by Gasteiger charge is 2.18. The fraction of sp³-hybridized carbons (Fsp3) is 0.211. The molecule has 2 aromatic rings. The molecule has 0 heterocycles. The van der Waals surface area contributed by atoms with E-state index in [2.05, 4.69) is 31.9 Å². The third kappa shape index (κ3) is 5.93. The van der Waals surface area contributed by atoms with Gasteiger partial charge < -0.3 is 10.6 Å². The molecule has 0 radical (unpaired) electrons. The predicted octanol–water partition coefficient (Wildman–Crippen LogP) is 4.10. The number of carbonyl (C=O) groups is 2. The Hall–Kier alpha value is -2.25. The maximum absolute atomic E-state index is 12.5. The second-order valence-electron chi connectivity index (χ2n) is 6.66. The molecule has 0 fully saturated rings. The van der Waals surface area contributed by atoms with E-state index in [0.29, 0.717) is 16.8 Å². The van der Waals surface area contributed by atoms with Gasteiger partial charge in [0.15, 0.2) is 5.11 Å². The molecule has 0 unspecified atom stereocenters. The molecule has 2 amide bonds. The fourth-order valence-electron chi connectivity index (χ4n) is 2.13. The highest BCUT2D eigenvalue weighted by molar-refractivity contribution is 9.10. The molecule has 0 bridgehead atoms. The third-order valence-electron chi connectivity index (χ3n) is 3.24. The Morgan fingerprint density at radius 1 is 0.962 bits per heavy atom. The number of halogens is 1. The largest absolute Gasteiger partial charge is 0.347 e. The average Bonchev–Trinajstić information content (AvgIpc) is 2.54. The topological polar surface area (TPSA) is 70.2 Å². The zero-order chi connectivity index (χ0) is 19.3. The van der Waals surface area contributed by atoms with Gasteiger partial charge in [-0.2, -0.15) is 0 Å². The molecule has 5 nitrogen and oxygen atoms in total. The molecule has 0 atom stereocenters. The molecule has 7 heteroatoms. The van der Waals surface area contributed by atoms with Gasteiger partial charge in [-0.05, 0) is 69.4 Å². The van der Waals surface area contributed by atoms with Crippen molar-refractivity contribution in [2.75, 3.05) is 5.32 Å². The summed E-state index contributed by atoms with van der Waals surface area (Å²) in [5.74, 6) is -0.547. The summed E-state index contributed by atoms with van der Waals surface area (Å²) in [7, 11) is 0. The van der Waals surface area contributed by atoms with Crippen LogP contribution in [-0.4, -0.2) is 22.5 Å². The first-order valence-electron chi connectivity index (χ1n) is 7.95. The number of amides is 2. The number of benzene rings is 2. The van der Waals surface area contributed by atoms with Crippen LogP contribution >= 0.6 is 28.1 Å². The third-order valence-corrected chi connectivity index (χ3v) is 3.97. The van der Waals surface area contributed by atoms with Gasteiger partial charge in [-0.15, -0.1) is 0 Å². The van der Waals surface area contributed by atoms with Crippen LogP contribution in [0.4, 0.5) is 5.69 Å². The lowest BCUT2D eigenvalue weighted by Crippen LogP contribution is -2.41. The molecule has 0 aliphatic carbocycles. The Morgan fingerprint density at radius 3 is 2.19 bits per heavy atom. The summed E-state index contributed by atoms with van der Waals surface area (Å²) in [4.78, 5) is 24.7. The second kappa shape index (κ2) is 8.42. The smallest absolute Gasteiger partial charge is 0.257 e. The first-order chi connectivity index (χ1) is 12.2. The van der Waals surface area contributed by atoms with Crippen LogP contribution in [0.3, 0.4) is 0 Å². The van der Waals surface area contributed by atoms with Crippen molar-refractivity contribution in [3.63, 3.8) is 0 Å². The van der Waals surface area contributed by atoms with Gasteiger partial charge >= 0.3 is 0 Å². The summed E-state index contributed by atoms with van der Waals surface area (Å²) in [6, 6.07) is 13.9. The van der Waals surface area contributed by atoms with E-state index >= 15 is 0 Å². The molecule has 26 heavy (non-hydrogen) atoms. The number of hydrogen-bond donors (Lipinski definition) is 3. The van der Waals surface area contributed by atoms with E-state index in [1.54, 1.807) is 48.5 Å². The minimum absolute atomic E-state index is 0.119. The summed E-state index contributed by atoms with van der Waals surface area (Å²) in [6.07, 6.45) is 0. The van der Waals surface area contributed by atoms with Gasteiger partial charge in [0, 0.05) is 15.6 Å². The van der Waals surface area contributed by atoms with Crippen molar-refractivity contribution in [2.24, 2.45) is 0 Å². The summed E-state index contributed by atoms with van der Waals surface area (Å²) in [6.45, 7) is 5.72. The molecule has 2 rings (SSSR count). The Bertz CT molecular complexity index is 829. The lowest BCUT2D eigenvalue weighted by molar-refractivity contribution is 0.0919. The minimum atomic E-state index is -0.361. The quantitative estimate of drug-likeness (QED) is 0.637. The Balaban J connectivity index is 2.08. The van der Waals surface area contributed by atoms with Crippen LogP contribution < -0.4 is 16.0 Å². The molecule has 3 N–H and O–H groups in total. The zero-order valence-corrected chi connectivity index (χ0v) is 17.1. The van der Waals surface area contributed by atoms with Crippen molar-refractivity contribution in [3.05, 3.63) is 64.1 Å². The minimum Gasteiger partial charge on any atom is -0.347 e. The molecule has 0 saturated heterocycles. The van der Waals surface area contributed by atoms with Crippen molar-refractivity contribution >= 4 is 50.8 Å². The summed E-state index contributed by atoms with van der Waals surface area (Å²) >= 11 is 8.53. The standard InChI is InChI=1S/C19H20BrN3O2S/c1-19(2,3)23-17(25)14-6-4-5-7-15(14)21-18(26)22-16(24)12-8-10-13(20)11-9-12/h4-11H,1-3H3,(H,23,25)(H2,21,22,24,26). The maximum Gasteiger partial charge on any atom is 0.257 e. The maximum atomic E-state index is 12.5. The van der Waals surface area contributed by atoms with Crippen LogP contribution in [0.5, 0.6) is 0 Å². The van der Waals surface area contributed by atoms with E-state index in [0.717, 1.165) is 4.47 Å². The monoisotopic (exact) mass is 433 g/mol. The van der Waals surface area contributed by atoms with Gasteiger partial charge in [0.05, 0.1) is 11.3 Å². The van der Waals surface area contributed by atoms with Crippen LogP contribution in [0, 0.1) is 0 Å². The number of para-hydroxylation sites is 1. The van der Waals surface area contributed by atoms with Crippen molar-refractivity contribution in [2.45, 2.75) is 26.3 Å². The molecule has 0 saturated carbocycles. The van der Waals surface area contributed by atoms with Gasteiger partial charge in [-0.25, -0.2) is 0 Å². The summed E-state index contributed by atoms with van der Waals surface area (Å²) in [5.41, 5.74) is 1.09. The number of nitrogens with one attached hydrogen (secondary N) is 3. The Morgan fingerprint density at radius 2 is 1.58 bits per heavy atom. The van der Waals surface area contributed by atoms with Gasteiger partial charge in [0.1, 0.15) is 0 Å². The van der Waals surface area contributed by atoms with Gasteiger partial charge in [-0.3, -0.25) is 14.9 Å². The Kier molecular flexibility index (Phi) is 6.50. The van der Waals surface area contributed by atoms with Crippen molar-refractivity contribution in [3.8, 4) is 0 Å². The predicted molar refractivity (Wildman–Crippen MR) is 111 cm³/mol. The molecule has 0 aromatic heterocycles. The molecular weight excluding hydrogens is 414 g/mol. The van der Waals surface area contributed by atoms with Crippen LogP contribution in [0.1, 0.15) is 41.5 Å². The van der Waals surface area contributed by atoms with Crippen LogP contribution in [-0.2, 0) is 0 Å². The molecule has 0 spiro atoms. The highest BCUT2D eigenvalue weighted by atomic mass is 79.9. The van der Waals surface area contributed by atoms with Crippen LogP contribution in [0.25, 0.3) is 0 Å². The Labute approximate surface area is 166 Å².